The van der Waals surface area contributed by atoms with Crippen LogP contribution in [0.2, 0.25) is 0 Å². The monoisotopic (exact) mass is 292 g/mol. The number of hydrogen-bond donors (Lipinski definition) is 1. The molecule has 0 amide bonds. The molecule has 2 heterocycles. The van der Waals surface area contributed by atoms with Crippen LogP contribution in [0, 0.1) is 0 Å². The zero-order valence-corrected chi connectivity index (χ0v) is 12.3. The van der Waals surface area contributed by atoms with Crippen molar-refractivity contribution in [2.24, 2.45) is 5.73 Å². The Bertz CT molecular complexity index is 575. The Morgan fingerprint density at radius 1 is 1.45 bits per heavy atom. The fourth-order valence-corrected chi connectivity index (χ4v) is 3.65. The second kappa shape index (κ2) is 5.30. The second-order valence-electron chi connectivity index (χ2n) is 5.91. The number of nitrogens with zero attached hydrogens (tertiary/aromatic N) is 1. The molecule has 4 nitrogen and oxygen atoms in total. The van der Waals surface area contributed by atoms with Crippen molar-refractivity contribution < 1.29 is 4.74 Å². The molecule has 1 atom stereocenters. The average Bonchev–Trinajstić information content (AvgIpc) is 3.03. The Morgan fingerprint density at radius 2 is 2.20 bits per heavy atom. The van der Waals surface area contributed by atoms with Crippen LogP contribution in [0.25, 0.3) is 0 Å². The van der Waals surface area contributed by atoms with Crippen LogP contribution in [-0.4, -0.2) is 21.3 Å². The van der Waals surface area contributed by atoms with Gasteiger partial charge in [-0.2, -0.15) is 0 Å². The topological polar surface area (TPSA) is 57.2 Å². The van der Waals surface area contributed by atoms with Crippen LogP contribution in [0.15, 0.2) is 23.1 Å². The minimum atomic E-state index is -0.115. The minimum Gasteiger partial charge on any atom is -0.389 e. The van der Waals surface area contributed by atoms with E-state index in [1.165, 1.54) is 25.7 Å². The van der Waals surface area contributed by atoms with Gasteiger partial charge in [-0.3, -0.25) is 4.79 Å². The first-order valence-corrected chi connectivity index (χ1v) is 7.68. The van der Waals surface area contributed by atoms with Crippen molar-refractivity contribution in [2.75, 3.05) is 0 Å². The van der Waals surface area contributed by atoms with E-state index >= 15 is 0 Å². The molecule has 2 N–H and O–H groups in total. The third-order valence-electron chi connectivity index (χ3n) is 4.54. The summed E-state index contributed by atoms with van der Waals surface area (Å²) in [6.07, 6.45) is 8.95. The van der Waals surface area contributed by atoms with Crippen LogP contribution in [0.1, 0.15) is 44.1 Å². The summed E-state index contributed by atoms with van der Waals surface area (Å²) in [5.41, 5.74) is 5.98. The molecule has 1 saturated heterocycles. The van der Waals surface area contributed by atoms with Crippen LogP contribution in [0.5, 0.6) is 0 Å². The normalized spacial score (nSPS) is 24.3. The quantitative estimate of drug-likeness (QED) is 0.865. The maximum atomic E-state index is 12.3. The Labute approximate surface area is 123 Å². The van der Waals surface area contributed by atoms with Crippen LogP contribution in [0.4, 0.5) is 0 Å². The fraction of sp³-hybridized carbons (Fsp3) is 0.600. The lowest BCUT2D eigenvalue weighted by atomic mass is 9.98. The first-order valence-electron chi connectivity index (χ1n) is 7.27. The van der Waals surface area contributed by atoms with E-state index in [1.54, 1.807) is 16.8 Å². The smallest absolute Gasteiger partial charge is 0.260 e. The summed E-state index contributed by atoms with van der Waals surface area (Å²) >= 11 is 4.91. The van der Waals surface area contributed by atoms with Crippen LogP contribution in [0.3, 0.4) is 0 Å². The molecule has 1 aromatic heterocycles. The molecular formula is C15H20N2O2S. The van der Waals surface area contributed by atoms with E-state index in [4.69, 9.17) is 22.7 Å². The molecule has 20 heavy (non-hydrogen) atoms. The SMILES string of the molecule is NC(=S)c1cccn(CC2CCC3(CCCC3)O2)c1=O. The Kier molecular flexibility index (Phi) is 3.65. The molecule has 1 aliphatic heterocycles. The molecule has 2 aliphatic rings. The van der Waals surface area contributed by atoms with Crippen LogP contribution in [-0.2, 0) is 11.3 Å². The summed E-state index contributed by atoms with van der Waals surface area (Å²) in [5, 5.41) is 0. The van der Waals surface area contributed by atoms with Gasteiger partial charge in [0.25, 0.3) is 5.56 Å². The van der Waals surface area contributed by atoms with Crippen molar-refractivity contribution in [3.05, 3.63) is 34.2 Å². The summed E-state index contributed by atoms with van der Waals surface area (Å²) in [6.45, 7) is 0.594. The van der Waals surface area contributed by atoms with Crippen molar-refractivity contribution in [1.29, 1.82) is 0 Å². The number of aromatic nitrogens is 1. The van der Waals surface area contributed by atoms with E-state index in [0.29, 0.717) is 12.1 Å². The van der Waals surface area contributed by atoms with E-state index in [-0.39, 0.29) is 22.3 Å². The highest BCUT2D eigenvalue weighted by molar-refractivity contribution is 7.80. The van der Waals surface area contributed by atoms with Gasteiger partial charge in [-0.15, -0.1) is 0 Å². The predicted octanol–water partition coefficient (Wildman–Crippen LogP) is 1.97. The van der Waals surface area contributed by atoms with Crippen molar-refractivity contribution in [3.63, 3.8) is 0 Å². The number of thiocarbonyl (C=S) groups is 1. The Hall–Kier alpha value is -1.20. The molecule has 1 aromatic rings. The summed E-state index contributed by atoms with van der Waals surface area (Å²) in [5.74, 6) is 0. The molecule has 2 fully saturated rings. The second-order valence-corrected chi connectivity index (χ2v) is 6.35. The van der Waals surface area contributed by atoms with E-state index in [9.17, 15) is 4.79 Å². The third-order valence-corrected chi connectivity index (χ3v) is 4.76. The average molecular weight is 292 g/mol. The lowest BCUT2D eigenvalue weighted by Gasteiger charge is -2.24. The van der Waals surface area contributed by atoms with Crippen molar-refractivity contribution in [1.82, 2.24) is 4.57 Å². The summed E-state index contributed by atoms with van der Waals surface area (Å²) < 4.78 is 7.92. The molecule has 0 aromatic carbocycles. The lowest BCUT2D eigenvalue weighted by Crippen LogP contribution is -2.33. The van der Waals surface area contributed by atoms with E-state index in [2.05, 4.69) is 0 Å². The van der Waals surface area contributed by atoms with Gasteiger partial charge in [-0.1, -0.05) is 25.1 Å². The van der Waals surface area contributed by atoms with Gasteiger partial charge in [0.2, 0.25) is 0 Å². The van der Waals surface area contributed by atoms with Gasteiger partial charge in [-0.25, -0.2) is 0 Å². The molecule has 5 heteroatoms. The molecule has 1 spiro atoms. The van der Waals surface area contributed by atoms with Gasteiger partial charge in [-0.05, 0) is 37.8 Å². The third kappa shape index (κ3) is 2.52. The van der Waals surface area contributed by atoms with Crippen molar-refractivity contribution in [3.8, 4) is 0 Å². The first-order chi connectivity index (χ1) is 9.60. The lowest BCUT2D eigenvalue weighted by molar-refractivity contribution is -0.0421. The summed E-state index contributed by atoms with van der Waals surface area (Å²) in [7, 11) is 0. The number of hydrogen-bond acceptors (Lipinski definition) is 3. The zero-order valence-electron chi connectivity index (χ0n) is 11.5. The number of pyridine rings is 1. The van der Waals surface area contributed by atoms with Crippen molar-refractivity contribution in [2.45, 2.75) is 56.8 Å². The fourth-order valence-electron chi connectivity index (χ4n) is 3.50. The van der Waals surface area contributed by atoms with Gasteiger partial charge < -0.3 is 15.0 Å². The molecule has 108 valence electrons. The van der Waals surface area contributed by atoms with Crippen LogP contribution < -0.4 is 11.3 Å². The molecule has 1 aliphatic carbocycles. The van der Waals surface area contributed by atoms with Crippen LogP contribution >= 0.6 is 12.2 Å². The molecule has 1 unspecified atom stereocenters. The standard InChI is InChI=1S/C15H20N2O2S/c16-13(20)12-4-3-9-17(14(12)18)10-11-5-8-15(19-11)6-1-2-7-15/h3-4,9,11H,1-2,5-8,10H2,(H2,16,20). The largest absolute Gasteiger partial charge is 0.389 e. The van der Waals surface area contributed by atoms with E-state index < -0.39 is 0 Å². The van der Waals surface area contributed by atoms with Gasteiger partial charge >= 0.3 is 0 Å². The molecule has 3 rings (SSSR count). The number of nitrogens with two attached hydrogens (primary N) is 1. The molecule has 0 bridgehead atoms. The van der Waals surface area contributed by atoms with E-state index in [0.717, 1.165) is 12.8 Å². The first kappa shape index (κ1) is 13.8. The van der Waals surface area contributed by atoms with Crippen molar-refractivity contribution >= 4 is 17.2 Å². The molecule has 0 radical (unpaired) electrons. The minimum absolute atomic E-state index is 0.106. The number of ether oxygens (including phenoxy) is 1. The highest BCUT2D eigenvalue weighted by atomic mass is 32.1. The maximum Gasteiger partial charge on any atom is 0.260 e. The summed E-state index contributed by atoms with van der Waals surface area (Å²) in [4.78, 5) is 12.4. The molecular weight excluding hydrogens is 272 g/mol. The highest BCUT2D eigenvalue weighted by Gasteiger charge is 2.42. The van der Waals surface area contributed by atoms with Gasteiger partial charge in [0, 0.05) is 6.20 Å². The van der Waals surface area contributed by atoms with E-state index in [1.807, 2.05) is 6.07 Å². The predicted molar refractivity (Wildman–Crippen MR) is 81.9 cm³/mol. The number of rotatable bonds is 3. The van der Waals surface area contributed by atoms with Gasteiger partial charge in [0.15, 0.2) is 0 Å². The van der Waals surface area contributed by atoms with Gasteiger partial charge in [0.05, 0.1) is 23.8 Å². The summed E-state index contributed by atoms with van der Waals surface area (Å²) in [6, 6.07) is 3.49. The van der Waals surface area contributed by atoms with Gasteiger partial charge in [0.1, 0.15) is 4.99 Å². The Morgan fingerprint density at radius 3 is 2.90 bits per heavy atom. The maximum absolute atomic E-state index is 12.3. The zero-order chi connectivity index (χ0) is 14.2. The Balaban J connectivity index is 1.74. The highest BCUT2D eigenvalue weighted by Crippen LogP contribution is 2.43. The molecule has 1 saturated carbocycles.